The highest BCUT2D eigenvalue weighted by Crippen LogP contribution is 2.32. The number of nitro groups is 1. The lowest BCUT2D eigenvalue weighted by Crippen LogP contribution is -2.34. The van der Waals surface area contributed by atoms with Crippen LogP contribution < -0.4 is 10.2 Å². The Morgan fingerprint density at radius 2 is 2.13 bits per heavy atom. The molecule has 0 bridgehead atoms. The van der Waals surface area contributed by atoms with Crippen LogP contribution in [-0.4, -0.2) is 55.8 Å². The fourth-order valence-electron chi connectivity index (χ4n) is 3.36. The molecule has 1 amide bonds. The van der Waals surface area contributed by atoms with Gasteiger partial charge in [-0.2, -0.15) is 0 Å². The van der Waals surface area contributed by atoms with Crippen molar-refractivity contribution in [2.24, 2.45) is 5.92 Å². The largest absolute Gasteiger partial charge is 0.452 e. The molecule has 0 spiro atoms. The fraction of sp³-hybridized carbons (Fsp3) is 0.619. The van der Waals surface area contributed by atoms with Crippen LogP contribution in [0.15, 0.2) is 18.2 Å². The van der Waals surface area contributed by atoms with Gasteiger partial charge in [-0.25, -0.2) is 4.79 Å². The molecular weight excluding hydrogens is 390 g/mol. The van der Waals surface area contributed by atoms with Gasteiger partial charge in [0, 0.05) is 32.3 Å². The van der Waals surface area contributed by atoms with E-state index in [0.717, 1.165) is 25.9 Å². The van der Waals surface area contributed by atoms with Crippen LogP contribution in [0, 0.1) is 16.0 Å². The topological polar surface area (TPSA) is 111 Å². The van der Waals surface area contributed by atoms with Gasteiger partial charge in [0.15, 0.2) is 6.61 Å². The number of amides is 1. The molecule has 1 N–H and O–H groups in total. The van der Waals surface area contributed by atoms with Gasteiger partial charge in [0.1, 0.15) is 5.69 Å². The molecule has 0 saturated carbocycles. The van der Waals surface area contributed by atoms with E-state index < -0.39 is 23.4 Å². The number of carbonyl (C=O) groups excluding carboxylic acids is 2. The molecule has 1 aliphatic rings. The number of anilines is 1. The number of hydrogen-bond acceptors (Lipinski definition) is 7. The van der Waals surface area contributed by atoms with Gasteiger partial charge in [-0.3, -0.25) is 14.9 Å². The summed E-state index contributed by atoms with van der Waals surface area (Å²) in [5.41, 5.74) is 0.422. The number of ether oxygens (including phenoxy) is 2. The second kappa shape index (κ2) is 11.5. The lowest BCUT2D eigenvalue weighted by molar-refractivity contribution is -0.384. The van der Waals surface area contributed by atoms with E-state index in [-0.39, 0.29) is 17.4 Å². The third kappa shape index (κ3) is 7.29. The van der Waals surface area contributed by atoms with E-state index in [4.69, 9.17) is 9.47 Å². The van der Waals surface area contributed by atoms with E-state index in [1.165, 1.54) is 12.1 Å². The normalized spacial score (nSPS) is 16.4. The van der Waals surface area contributed by atoms with Gasteiger partial charge in [0.25, 0.3) is 11.6 Å². The summed E-state index contributed by atoms with van der Waals surface area (Å²) in [4.78, 5) is 37.1. The summed E-state index contributed by atoms with van der Waals surface area (Å²) >= 11 is 0. The van der Waals surface area contributed by atoms with E-state index in [2.05, 4.69) is 12.2 Å². The Balaban J connectivity index is 1.90. The van der Waals surface area contributed by atoms with Crippen molar-refractivity contribution in [1.29, 1.82) is 0 Å². The number of hydrogen-bond donors (Lipinski definition) is 1. The Morgan fingerprint density at radius 3 is 2.80 bits per heavy atom. The van der Waals surface area contributed by atoms with Crippen molar-refractivity contribution >= 4 is 23.3 Å². The summed E-state index contributed by atoms with van der Waals surface area (Å²) in [5.74, 6) is -0.741. The van der Waals surface area contributed by atoms with Crippen LogP contribution >= 0.6 is 0 Å². The quantitative estimate of drug-likeness (QED) is 0.268. The maximum atomic E-state index is 12.3. The summed E-state index contributed by atoms with van der Waals surface area (Å²) < 4.78 is 10.4. The first-order valence-corrected chi connectivity index (χ1v) is 10.4. The Hall–Kier alpha value is -2.68. The SMILES string of the molecule is CC(C)OCCCNC(=O)COC(=O)c1ccc(N2CCC[C@@H](C)C2)c([N+](=O)[O-])c1. The van der Waals surface area contributed by atoms with Crippen LogP contribution in [0.5, 0.6) is 0 Å². The van der Waals surface area contributed by atoms with Gasteiger partial charge in [-0.1, -0.05) is 6.92 Å². The lowest BCUT2D eigenvalue weighted by Gasteiger charge is -2.32. The minimum Gasteiger partial charge on any atom is -0.452 e. The highest BCUT2D eigenvalue weighted by molar-refractivity contribution is 5.93. The molecule has 1 aliphatic heterocycles. The maximum Gasteiger partial charge on any atom is 0.338 e. The molecule has 9 heteroatoms. The van der Waals surface area contributed by atoms with Crippen molar-refractivity contribution in [1.82, 2.24) is 5.32 Å². The van der Waals surface area contributed by atoms with Crippen LogP contribution in [0.1, 0.15) is 50.4 Å². The molecule has 1 aromatic rings. The van der Waals surface area contributed by atoms with Crippen molar-refractivity contribution < 1.29 is 24.0 Å². The van der Waals surface area contributed by atoms with Crippen LogP contribution in [0.4, 0.5) is 11.4 Å². The van der Waals surface area contributed by atoms with Gasteiger partial charge in [0.05, 0.1) is 16.6 Å². The van der Waals surface area contributed by atoms with E-state index >= 15 is 0 Å². The number of nitrogens with zero attached hydrogens (tertiary/aromatic N) is 2. The molecule has 0 aromatic heterocycles. The molecule has 0 aliphatic carbocycles. The van der Waals surface area contributed by atoms with Crippen molar-refractivity contribution in [3.05, 3.63) is 33.9 Å². The average Bonchev–Trinajstić information content (AvgIpc) is 2.71. The molecule has 2 rings (SSSR count). The lowest BCUT2D eigenvalue weighted by atomic mass is 9.99. The number of nitrogens with one attached hydrogen (secondary N) is 1. The third-order valence-electron chi connectivity index (χ3n) is 4.83. The minimum absolute atomic E-state index is 0.0497. The predicted molar refractivity (Wildman–Crippen MR) is 113 cm³/mol. The highest BCUT2D eigenvalue weighted by atomic mass is 16.6. The first kappa shape index (κ1) is 23.6. The van der Waals surface area contributed by atoms with Crippen LogP contribution in [0.2, 0.25) is 0 Å². The fourth-order valence-corrected chi connectivity index (χ4v) is 3.36. The Morgan fingerprint density at radius 1 is 1.37 bits per heavy atom. The number of nitro benzene ring substituents is 1. The molecule has 1 saturated heterocycles. The summed E-state index contributed by atoms with van der Waals surface area (Å²) in [6.45, 7) is 7.98. The molecule has 9 nitrogen and oxygen atoms in total. The highest BCUT2D eigenvalue weighted by Gasteiger charge is 2.25. The molecule has 0 radical (unpaired) electrons. The Bertz CT molecular complexity index is 752. The Kier molecular flexibility index (Phi) is 9.04. The van der Waals surface area contributed by atoms with Crippen molar-refractivity contribution in [2.75, 3.05) is 37.7 Å². The summed E-state index contributed by atoms with van der Waals surface area (Å²) in [5, 5.41) is 14.2. The van der Waals surface area contributed by atoms with Crippen molar-refractivity contribution in [2.45, 2.75) is 46.1 Å². The van der Waals surface area contributed by atoms with Gasteiger partial charge in [0.2, 0.25) is 0 Å². The predicted octanol–water partition coefficient (Wildman–Crippen LogP) is 2.92. The van der Waals surface area contributed by atoms with E-state index in [1.54, 1.807) is 6.07 Å². The minimum atomic E-state index is -0.769. The maximum absolute atomic E-state index is 12.3. The number of carbonyl (C=O) groups is 2. The van der Waals surface area contributed by atoms with E-state index in [9.17, 15) is 19.7 Å². The Labute approximate surface area is 176 Å². The van der Waals surface area contributed by atoms with Gasteiger partial charge in [-0.15, -0.1) is 0 Å². The van der Waals surface area contributed by atoms with Crippen LogP contribution in [0.25, 0.3) is 0 Å². The first-order chi connectivity index (χ1) is 14.3. The second-order valence-electron chi connectivity index (χ2n) is 7.85. The third-order valence-corrected chi connectivity index (χ3v) is 4.83. The van der Waals surface area contributed by atoms with Gasteiger partial charge in [-0.05, 0) is 51.2 Å². The number of rotatable bonds is 10. The molecule has 0 unspecified atom stereocenters. The molecule has 1 atom stereocenters. The van der Waals surface area contributed by atoms with E-state index in [1.807, 2.05) is 18.7 Å². The number of esters is 1. The summed E-state index contributed by atoms with van der Waals surface area (Å²) in [6, 6.07) is 4.31. The molecule has 166 valence electrons. The van der Waals surface area contributed by atoms with Crippen molar-refractivity contribution in [3.63, 3.8) is 0 Å². The van der Waals surface area contributed by atoms with Crippen LogP contribution in [0.3, 0.4) is 0 Å². The standard InChI is InChI=1S/C21H31N3O6/c1-15(2)29-11-5-9-22-20(25)14-30-21(26)17-7-8-18(19(12-17)24(27)28)23-10-4-6-16(3)13-23/h7-8,12,15-16H,4-6,9-11,13-14H2,1-3H3,(H,22,25)/t16-/m1/s1. The monoisotopic (exact) mass is 421 g/mol. The number of benzene rings is 1. The summed E-state index contributed by atoms with van der Waals surface area (Å²) in [7, 11) is 0. The van der Waals surface area contributed by atoms with Gasteiger partial charge >= 0.3 is 5.97 Å². The molecule has 30 heavy (non-hydrogen) atoms. The van der Waals surface area contributed by atoms with Gasteiger partial charge < -0.3 is 19.7 Å². The van der Waals surface area contributed by atoms with Crippen LogP contribution in [-0.2, 0) is 14.3 Å². The average molecular weight is 421 g/mol. The second-order valence-corrected chi connectivity index (χ2v) is 7.85. The van der Waals surface area contributed by atoms with E-state index in [0.29, 0.717) is 31.2 Å². The zero-order valence-corrected chi connectivity index (χ0v) is 17.9. The summed E-state index contributed by atoms with van der Waals surface area (Å²) in [6.07, 6.45) is 2.86. The molecule has 1 heterocycles. The zero-order valence-electron chi connectivity index (χ0n) is 17.9. The molecule has 1 aromatic carbocycles. The zero-order chi connectivity index (χ0) is 22.1. The van der Waals surface area contributed by atoms with Crippen molar-refractivity contribution in [3.8, 4) is 0 Å². The molecular formula is C21H31N3O6. The molecule has 1 fully saturated rings. The number of piperidine rings is 1. The first-order valence-electron chi connectivity index (χ1n) is 10.4. The smallest absolute Gasteiger partial charge is 0.338 e.